The third-order valence-corrected chi connectivity index (χ3v) is 3.90. The molecule has 2 aromatic carbocycles. The zero-order valence-electron chi connectivity index (χ0n) is 15.7. The second-order valence-electron chi connectivity index (χ2n) is 5.61. The van der Waals surface area contributed by atoms with Crippen LogP contribution < -0.4 is 24.8 Å². The first-order valence-electron chi connectivity index (χ1n) is 8.41. The van der Waals surface area contributed by atoms with Crippen LogP contribution in [0.4, 0.5) is 17.3 Å². The van der Waals surface area contributed by atoms with E-state index in [1.807, 2.05) is 24.3 Å². The normalized spacial score (nSPS) is 10.1. The van der Waals surface area contributed by atoms with Crippen LogP contribution in [-0.2, 0) is 0 Å². The average Bonchev–Trinajstić information content (AvgIpc) is 2.74. The zero-order chi connectivity index (χ0) is 19.9. The molecular weight excluding hydrogens is 360 g/mol. The van der Waals surface area contributed by atoms with Crippen LogP contribution in [0.2, 0.25) is 0 Å². The van der Waals surface area contributed by atoms with Gasteiger partial charge in [-0.2, -0.15) is 0 Å². The minimum absolute atomic E-state index is 0.199. The average molecular weight is 380 g/mol. The molecule has 0 radical (unpaired) electrons. The smallest absolute Gasteiger partial charge is 0.274 e. The number of methoxy groups -OCH3 is 3. The minimum Gasteiger partial charge on any atom is -0.497 e. The van der Waals surface area contributed by atoms with Gasteiger partial charge in [0.05, 0.1) is 32.7 Å². The number of hydrogen-bond acceptors (Lipinski definition) is 7. The van der Waals surface area contributed by atoms with Gasteiger partial charge in [-0.1, -0.05) is 12.1 Å². The maximum absolute atomic E-state index is 12.6. The van der Waals surface area contributed by atoms with E-state index in [-0.39, 0.29) is 11.6 Å². The van der Waals surface area contributed by atoms with E-state index in [0.29, 0.717) is 28.6 Å². The summed E-state index contributed by atoms with van der Waals surface area (Å²) in [6.07, 6.45) is 1.50. The second-order valence-corrected chi connectivity index (χ2v) is 5.61. The van der Waals surface area contributed by atoms with Crippen molar-refractivity contribution in [3.05, 3.63) is 60.4 Å². The Hall–Kier alpha value is -3.81. The van der Waals surface area contributed by atoms with Gasteiger partial charge in [0.15, 0.2) is 0 Å². The lowest BCUT2D eigenvalue weighted by Crippen LogP contribution is -2.15. The number of carbonyl (C=O) groups is 1. The summed E-state index contributed by atoms with van der Waals surface area (Å²) in [6.45, 7) is 0. The maximum Gasteiger partial charge on any atom is 0.274 e. The van der Waals surface area contributed by atoms with Gasteiger partial charge in [-0.25, -0.2) is 9.97 Å². The molecule has 8 heteroatoms. The van der Waals surface area contributed by atoms with Crippen LogP contribution in [0.15, 0.2) is 54.7 Å². The van der Waals surface area contributed by atoms with Crippen LogP contribution >= 0.6 is 0 Å². The Balaban J connectivity index is 1.79. The molecule has 0 saturated heterocycles. The fraction of sp³-hybridized carbons (Fsp3) is 0.150. The lowest BCUT2D eigenvalue weighted by molar-refractivity contribution is 0.102. The molecule has 144 valence electrons. The van der Waals surface area contributed by atoms with Gasteiger partial charge in [-0.15, -0.1) is 0 Å². The molecule has 2 N–H and O–H groups in total. The van der Waals surface area contributed by atoms with Gasteiger partial charge in [0.1, 0.15) is 22.9 Å². The van der Waals surface area contributed by atoms with Crippen LogP contribution in [0.25, 0.3) is 0 Å². The molecule has 1 heterocycles. The van der Waals surface area contributed by atoms with Crippen molar-refractivity contribution in [2.75, 3.05) is 32.0 Å². The summed E-state index contributed by atoms with van der Waals surface area (Å²) in [4.78, 5) is 21.1. The quantitative estimate of drug-likeness (QED) is 0.648. The van der Waals surface area contributed by atoms with E-state index in [0.717, 1.165) is 0 Å². The summed E-state index contributed by atoms with van der Waals surface area (Å²) in [5, 5.41) is 5.83. The molecule has 0 fully saturated rings. The Morgan fingerprint density at radius 1 is 0.893 bits per heavy atom. The van der Waals surface area contributed by atoms with Crippen LogP contribution in [0.1, 0.15) is 10.5 Å². The summed E-state index contributed by atoms with van der Waals surface area (Å²) < 4.78 is 15.8. The van der Waals surface area contributed by atoms with Gasteiger partial charge in [-0.3, -0.25) is 4.79 Å². The second kappa shape index (κ2) is 8.72. The van der Waals surface area contributed by atoms with E-state index < -0.39 is 5.91 Å². The van der Waals surface area contributed by atoms with Gasteiger partial charge < -0.3 is 24.8 Å². The van der Waals surface area contributed by atoms with Gasteiger partial charge >= 0.3 is 0 Å². The van der Waals surface area contributed by atoms with Crippen molar-refractivity contribution in [2.45, 2.75) is 0 Å². The minimum atomic E-state index is -0.394. The molecule has 3 rings (SSSR count). The van der Waals surface area contributed by atoms with E-state index in [4.69, 9.17) is 14.2 Å². The number of hydrogen-bond donors (Lipinski definition) is 2. The third kappa shape index (κ3) is 4.29. The van der Waals surface area contributed by atoms with Crippen molar-refractivity contribution in [2.24, 2.45) is 0 Å². The maximum atomic E-state index is 12.6. The van der Waals surface area contributed by atoms with Gasteiger partial charge in [0, 0.05) is 12.3 Å². The van der Waals surface area contributed by atoms with Gasteiger partial charge in [0.2, 0.25) is 5.95 Å². The van der Waals surface area contributed by atoms with E-state index in [9.17, 15) is 4.79 Å². The molecule has 0 unspecified atom stereocenters. The number of amides is 1. The van der Waals surface area contributed by atoms with Crippen molar-refractivity contribution < 1.29 is 19.0 Å². The first-order valence-corrected chi connectivity index (χ1v) is 8.41. The summed E-state index contributed by atoms with van der Waals surface area (Å²) in [5.41, 5.74) is 1.40. The predicted octanol–water partition coefficient (Wildman–Crippen LogP) is 3.50. The van der Waals surface area contributed by atoms with Crippen LogP contribution in [-0.4, -0.2) is 37.2 Å². The van der Waals surface area contributed by atoms with Gasteiger partial charge in [0.25, 0.3) is 5.91 Å². The number of anilines is 3. The Morgan fingerprint density at radius 2 is 1.68 bits per heavy atom. The lowest BCUT2D eigenvalue weighted by atomic mass is 10.2. The van der Waals surface area contributed by atoms with Crippen molar-refractivity contribution in [3.8, 4) is 17.2 Å². The molecule has 0 saturated carbocycles. The fourth-order valence-electron chi connectivity index (χ4n) is 2.50. The molecule has 0 aliphatic carbocycles. The summed E-state index contributed by atoms with van der Waals surface area (Å²) in [5.74, 6) is 1.63. The molecule has 0 atom stereocenters. The number of rotatable bonds is 7. The Morgan fingerprint density at radius 3 is 2.43 bits per heavy atom. The largest absolute Gasteiger partial charge is 0.497 e. The molecule has 3 aromatic rings. The van der Waals surface area contributed by atoms with Crippen molar-refractivity contribution in [1.82, 2.24) is 9.97 Å². The molecule has 0 spiro atoms. The van der Waals surface area contributed by atoms with Crippen LogP contribution in [0.5, 0.6) is 17.2 Å². The number of para-hydroxylation sites is 2. The highest BCUT2D eigenvalue weighted by atomic mass is 16.5. The molecular formula is C20H20N4O4. The Kier molecular flexibility index (Phi) is 5.91. The lowest BCUT2D eigenvalue weighted by Gasteiger charge is -2.12. The molecule has 1 amide bonds. The molecule has 8 nitrogen and oxygen atoms in total. The van der Waals surface area contributed by atoms with Crippen molar-refractivity contribution in [1.29, 1.82) is 0 Å². The number of nitrogens with one attached hydrogen (secondary N) is 2. The fourth-order valence-corrected chi connectivity index (χ4v) is 2.50. The zero-order valence-corrected chi connectivity index (χ0v) is 15.7. The van der Waals surface area contributed by atoms with Gasteiger partial charge in [-0.05, 0) is 30.3 Å². The molecule has 0 bridgehead atoms. The van der Waals surface area contributed by atoms with E-state index >= 15 is 0 Å². The highest BCUT2D eigenvalue weighted by molar-refractivity contribution is 6.03. The Bertz CT molecular complexity index is 978. The highest BCUT2D eigenvalue weighted by Gasteiger charge is 2.13. The van der Waals surface area contributed by atoms with Crippen LogP contribution in [0.3, 0.4) is 0 Å². The SMILES string of the molecule is COc1ccc(NC(=O)c2ccnc(Nc3ccccc3OC)n2)c(OC)c1. The molecule has 0 aliphatic heterocycles. The molecule has 0 aliphatic rings. The Labute approximate surface area is 162 Å². The monoisotopic (exact) mass is 380 g/mol. The highest BCUT2D eigenvalue weighted by Crippen LogP contribution is 2.29. The molecule has 28 heavy (non-hydrogen) atoms. The van der Waals surface area contributed by atoms with Crippen LogP contribution in [0, 0.1) is 0 Å². The summed E-state index contributed by atoms with van der Waals surface area (Å²) in [6, 6.07) is 14.0. The van der Waals surface area contributed by atoms with E-state index in [1.54, 1.807) is 32.4 Å². The number of aromatic nitrogens is 2. The van der Waals surface area contributed by atoms with E-state index in [2.05, 4.69) is 20.6 Å². The van der Waals surface area contributed by atoms with Crippen molar-refractivity contribution in [3.63, 3.8) is 0 Å². The third-order valence-electron chi connectivity index (χ3n) is 3.90. The topological polar surface area (TPSA) is 94.6 Å². The number of ether oxygens (including phenoxy) is 3. The number of nitrogens with zero attached hydrogens (tertiary/aromatic N) is 2. The summed E-state index contributed by atoms with van der Waals surface area (Å²) in [7, 11) is 4.65. The van der Waals surface area contributed by atoms with Crippen molar-refractivity contribution >= 4 is 23.2 Å². The summed E-state index contributed by atoms with van der Waals surface area (Å²) >= 11 is 0. The number of benzene rings is 2. The molecule has 1 aromatic heterocycles. The first kappa shape index (κ1) is 19.0. The number of carbonyl (C=O) groups excluding carboxylic acids is 1. The standard InChI is InChI=1S/C20H20N4O4/c1-26-13-8-9-15(18(12-13)28-3)22-19(25)16-10-11-21-20(24-16)23-14-6-4-5-7-17(14)27-2/h4-12H,1-3H3,(H,22,25)(H,21,23,24). The van der Waals surface area contributed by atoms with E-state index in [1.165, 1.54) is 19.4 Å². The first-order chi connectivity index (χ1) is 13.6. The predicted molar refractivity (Wildman–Crippen MR) is 106 cm³/mol.